The fourth-order valence-electron chi connectivity index (χ4n) is 2.95. The first-order valence-electron chi connectivity index (χ1n) is 8.19. The van der Waals surface area contributed by atoms with Crippen molar-refractivity contribution >= 4 is 39.9 Å². The maximum Gasteiger partial charge on any atom is 0.253 e. The van der Waals surface area contributed by atoms with Crippen LogP contribution in [-0.4, -0.2) is 28.1 Å². The standard InChI is InChI=1S/C18H19FIN3O2/c19-13-9-11(20)5-6-14(13)22-16-10-21-8-7-12(16)18(25)23-15-3-1-2-4-17(15)24/h5-10,15,17,22,24H,1-4H2,(H,23,25)/t15-,17+/m1/s1. The first-order chi connectivity index (χ1) is 12.0. The maximum atomic E-state index is 14.1. The molecule has 1 fully saturated rings. The van der Waals surface area contributed by atoms with E-state index < -0.39 is 11.9 Å². The number of carbonyl (C=O) groups is 1. The summed E-state index contributed by atoms with van der Waals surface area (Å²) in [4.78, 5) is 16.6. The van der Waals surface area contributed by atoms with Crippen LogP contribution < -0.4 is 10.6 Å². The van der Waals surface area contributed by atoms with Crippen LogP contribution >= 0.6 is 22.6 Å². The summed E-state index contributed by atoms with van der Waals surface area (Å²) in [7, 11) is 0. The molecule has 0 aliphatic heterocycles. The molecule has 7 heteroatoms. The van der Waals surface area contributed by atoms with Gasteiger partial charge >= 0.3 is 0 Å². The minimum atomic E-state index is -0.524. The first kappa shape index (κ1) is 18.1. The maximum absolute atomic E-state index is 14.1. The van der Waals surface area contributed by atoms with Gasteiger partial charge in [0.1, 0.15) is 5.82 Å². The molecule has 0 radical (unpaired) electrons. The third-order valence-electron chi connectivity index (χ3n) is 4.31. The van der Waals surface area contributed by atoms with E-state index in [-0.39, 0.29) is 17.6 Å². The second-order valence-electron chi connectivity index (χ2n) is 6.10. The largest absolute Gasteiger partial charge is 0.391 e. The zero-order chi connectivity index (χ0) is 17.8. The van der Waals surface area contributed by atoms with Crippen LogP contribution in [0.3, 0.4) is 0 Å². The number of halogens is 2. The fourth-order valence-corrected chi connectivity index (χ4v) is 3.41. The number of rotatable bonds is 4. The number of carbonyl (C=O) groups excluding carboxylic acids is 1. The van der Waals surface area contributed by atoms with E-state index in [9.17, 15) is 14.3 Å². The molecular formula is C18H19FIN3O2. The number of aliphatic hydroxyl groups excluding tert-OH is 1. The van der Waals surface area contributed by atoms with Crippen molar-refractivity contribution in [3.8, 4) is 0 Å². The van der Waals surface area contributed by atoms with Gasteiger partial charge in [0.2, 0.25) is 0 Å². The van der Waals surface area contributed by atoms with Crippen molar-refractivity contribution in [1.29, 1.82) is 0 Å². The van der Waals surface area contributed by atoms with E-state index in [1.54, 1.807) is 18.2 Å². The van der Waals surface area contributed by atoms with Gasteiger partial charge < -0.3 is 15.7 Å². The molecule has 0 saturated heterocycles. The van der Waals surface area contributed by atoms with E-state index in [2.05, 4.69) is 15.6 Å². The Hall–Kier alpha value is -1.74. The number of nitrogens with zero attached hydrogens (tertiary/aromatic N) is 1. The van der Waals surface area contributed by atoms with Crippen LogP contribution in [0.4, 0.5) is 15.8 Å². The molecule has 0 spiro atoms. The molecule has 2 aromatic rings. The molecule has 1 aliphatic rings. The number of amides is 1. The van der Waals surface area contributed by atoms with Crippen molar-refractivity contribution in [2.24, 2.45) is 0 Å². The molecule has 1 aromatic heterocycles. The number of hydrogen-bond donors (Lipinski definition) is 3. The number of aromatic nitrogens is 1. The minimum Gasteiger partial charge on any atom is -0.391 e. The second kappa shape index (κ2) is 8.09. The summed E-state index contributed by atoms with van der Waals surface area (Å²) < 4.78 is 14.9. The molecule has 0 bridgehead atoms. The van der Waals surface area contributed by atoms with Gasteiger partial charge in [-0.15, -0.1) is 0 Å². The van der Waals surface area contributed by atoms with Gasteiger partial charge in [-0.3, -0.25) is 9.78 Å². The highest BCUT2D eigenvalue weighted by molar-refractivity contribution is 14.1. The Balaban J connectivity index is 1.79. The summed E-state index contributed by atoms with van der Waals surface area (Å²) in [6.45, 7) is 0. The molecule has 1 aromatic carbocycles. The van der Waals surface area contributed by atoms with Crippen molar-refractivity contribution < 1.29 is 14.3 Å². The number of aliphatic hydroxyl groups is 1. The zero-order valence-electron chi connectivity index (χ0n) is 13.5. The van der Waals surface area contributed by atoms with Crippen molar-refractivity contribution in [3.05, 3.63) is 51.6 Å². The average Bonchev–Trinajstić information content (AvgIpc) is 2.60. The number of pyridine rings is 1. The summed E-state index contributed by atoms with van der Waals surface area (Å²) in [5, 5.41) is 15.9. The van der Waals surface area contributed by atoms with Crippen LogP contribution in [0.25, 0.3) is 0 Å². The van der Waals surface area contributed by atoms with E-state index in [1.165, 1.54) is 18.5 Å². The molecule has 1 aliphatic carbocycles. The summed E-state index contributed by atoms with van der Waals surface area (Å²) in [6, 6.07) is 6.14. The quantitative estimate of drug-likeness (QED) is 0.617. The van der Waals surface area contributed by atoms with Gasteiger partial charge in [-0.2, -0.15) is 0 Å². The van der Waals surface area contributed by atoms with Crippen molar-refractivity contribution in [1.82, 2.24) is 10.3 Å². The van der Waals surface area contributed by atoms with E-state index in [0.717, 1.165) is 22.8 Å². The van der Waals surface area contributed by atoms with Crippen LogP contribution in [0.1, 0.15) is 36.0 Å². The fraction of sp³-hybridized carbons (Fsp3) is 0.333. The lowest BCUT2D eigenvalue weighted by molar-refractivity contribution is 0.0718. The Morgan fingerprint density at radius 3 is 2.80 bits per heavy atom. The van der Waals surface area contributed by atoms with E-state index in [1.807, 2.05) is 22.6 Å². The molecule has 132 valence electrons. The molecule has 1 saturated carbocycles. The van der Waals surface area contributed by atoms with E-state index >= 15 is 0 Å². The summed E-state index contributed by atoms with van der Waals surface area (Å²) in [6.07, 6.45) is 5.89. The number of benzene rings is 1. The van der Waals surface area contributed by atoms with Gasteiger partial charge in [0, 0.05) is 9.77 Å². The lowest BCUT2D eigenvalue weighted by Gasteiger charge is -2.28. The van der Waals surface area contributed by atoms with Crippen molar-refractivity contribution in [3.63, 3.8) is 0 Å². The Morgan fingerprint density at radius 2 is 2.04 bits per heavy atom. The molecule has 5 nitrogen and oxygen atoms in total. The molecule has 1 heterocycles. The lowest BCUT2D eigenvalue weighted by atomic mass is 9.92. The minimum absolute atomic E-state index is 0.252. The van der Waals surface area contributed by atoms with Crippen molar-refractivity contribution in [2.45, 2.75) is 37.8 Å². The van der Waals surface area contributed by atoms with Crippen LogP contribution in [-0.2, 0) is 0 Å². The Kier molecular flexibility index (Phi) is 5.85. The van der Waals surface area contributed by atoms with Gasteiger partial charge in [-0.25, -0.2) is 4.39 Å². The van der Waals surface area contributed by atoms with Gasteiger partial charge in [0.25, 0.3) is 5.91 Å². The predicted octanol–water partition coefficient (Wildman–Crippen LogP) is 3.60. The molecule has 3 N–H and O–H groups in total. The van der Waals surface area contributed by atoms with Crippen LogP contribution in [0, 0.1) is 9.39 Å². The Bertz CT molecular complexity index is 772. The van der Waals surface area contributed by atoms with Crippen LogP contribution in [0.15, 0.2) is 36.7 Å². The van der Waals surface area contributed by atoms with Gasteiger partial charge in [-0.1, -0.05) is 12.8 Å². The van der Waals surface area contributed by atoms with E-state index in [0.29, 0.717) is 17.7 Å². The summed E-state index contributed by atoms with van der Waals surface area (Å²) in [5.41, 5.74) is 1.07. The second-order valence-corrected chi connectivity index (χ2v) is 7.35. The van der Waals surface area contributed by atoms with E-state index in [4.69, 9.17) is 0 Å². The van der Waals surface area contributed by atoms with Gasteiger partial charge in [-0.05, 0) is 59.7 Å². The highest BCUT2D eigenvalue weighted by atomic mass is 127. The highest BCUT2D eigenvalue weighted by Gasteiger charge is 2.25. The predicted molar refractivity (Wildman–Crippen MR) is 102 cm³/mol. The van der Waals surface area contributed by atoms with Crippen molar-refractivity contribution in [2.75, 3.05) is 5.32 Å². The number of anilines is 2. The molecule has 3 rings (SSSR count). The average molecular weight is 455 g/mol. The molecule has 0 unspecified atom stereocenters. The first-order valence-corrected chi connectivity index (χ1v) is 9.27. The van der Waals surface area contributed by atoms with Gasteiger partial charge in [0.05, 0.1) is 35.3 Å². The summed E-state index contributed by atoms with van der Waals surface area (Å²) >= 11 is 2.04. The summed E-state index contributed by atoms with van der Waals surface area (Å²) in [5.74, 6) is -0.702. The van der Waals surface area contributed by atoms with Crippen LogP contribution in [0.5, 0.6) is 0 Å². The van der Waals surface area contributed by atoms with Crippen LogP contribution in [0.2, 0.25) is 0 Å². The topological polar surface area (TPSA) is 74.2 Å². The monoisotopic (exact) mass is 455 g/mol. The molecular weight excluding hydrogens is 436 g/mol. The number of hydrogen-bond acceptors (Lipinski definition) is 4. The Morgan fingerprint density at radius 1 is 1.24 bits per heavy atom. The third-order valence-corrected chi connectivity index (χ3v) is 4.98. The third kappa shape index (κ3) is 4.46. The molecule has 1 amide bonds. The number of nitrogens with one attached hydrogen (secondary N) is 2. The SMILES string of the molecule is O=C(N[C@@H]1CCCC[C@@H]1O)c1ccncc1Nc1ccc(I)cc1F. The lowest BCUT2D eigenvalue weighted by Crippen LogP contribution is -2.45. The highest BCUT2D eigenvalue weighted by Crippen LogP contribution is 2.25. The normalized spacial score (nSPS) is 20.1. The Labute approximate surface area is 159 Å². The molecule has 2 atom stereocenters. The molecule has 25 heavy (non-hydrogen) atoms. The smallest absolute Gasteiger partial charge is 0.253 e. The zero-order valence-corrected chi connectivity index (χ0v) is 15.7. The van der Waals surface area contributed by atoms with Gasteiger partial charge in [0.15, 0.2) is 0 Å².